The summed E-state index contributed by atoms with van der Waals surface area (Å²) in [6, 6.07) is 1.94. The maximum atomic E-state index is 5.34. The van der Waals surface area contributed by atoms with E-state index in [2.05, 4.69) is 6.58 Å². The number of ether oxygens (including phenoxy) is 1. The third kappa shape index (κ3) is 1.70. The summed E-state index contributed by atoms with van der Waals surface area (Å²) in [6.45, 7) is 10.2. The lowest BCUT2D eigenvalue weighted by atomic mass is 10.2. The van der Waals surface area contributed by atoms with Crippen molar-refractivity contribution in [3.8, 4) is 0 Å². The van der Waals surface area contributed by atoms with Crippen molar-refractivity contribution in [1.29, 1.82) is 0 Å². The predicted octanol–water partition coefficient (Wildman–Crippen LogP) is 2.90. The highest BCUT2D eigenvalue weighted by Gasteiger charge is 2.07. The molecule has 0 N–H and O–H groups in total. The highest BCUT2D eigenvalue weighted by atomic mass is 16.5. The molecule has 0 amide bonds. The third-order valence-corrected chi connectivity index (χ3v) is 1.66. The lowest BCUT2D eigenvalue weighted by Crippen LogP contribution is -1.89. The number of hydrogen-bond acceptors (Lipinski definition) is 2. The van der Waals surface area contributed by atoms with Gasteiger partial charge in [0.2, 0.25) is 0 Å². The Kier molecular flexibility index (Phi) is 2.58. The fraction of sp³-hybridized carbons (Fsp3) is 0.400. The van der Waals surface area contributed by atoms with Crippen molar-refractivity contribution in [3.05, 3.63) is 29.7 Å². The van der Waals surface area contributed by atoms with Crippen LogP contribution in [0.2, 0.25) is 0 Å². The van der Waals surface area contributed by atoms with E-state index in [1.165, 1.54) is 0 Å². The summed E-state index contributed by atoms with van der Waals surface area (Å²) in [4.78, 5) is 0. The molecule has 0 aromatic carbocycles. The lowest BCUT2D eigenvalue weighted by Gasteiger charge is -2.03. The molecule has 1 rings (SSSR count). The maximum absolute atomic E-state index is 5.34. The first-order chi connectivity index (χ1) is 5.65. The fourth-order valence-corrected chi connectivity index (χ4v) is 1.16. The van der Waals surface area contributed by atoms with Crippen molar-refractivity contribution in [1.82, 2.24) is 0 Å². The second kappa shape index (κ2) is 3.48. The molecule has 0 aliphatic heterocycles. The van der Waals surface area contributed by atoms with Crippen molar-refractivity contribution < 1.29 is 9.15 Å². The van der Waals surface area contributed by atoms with Crippen LogP contribution >= 0.6 is 0 Å². The van der Waals surface area contributed by atoms with Gasteiger partial charge in [0.15, 0.2) is 0 Å². The minimum atomic E-state index is 0.641. The summed E-state index contributed by atoms with van der Waals surface area (Å²) < 4.78 is 10.6. The first-order valence-corrected chi connectivity index (χ1v) is 4.04. The van der Waals surface area contributed by atoms with Gasteiger partial charge in [-0.15, -0.1) is 0 Å². The molecule has 1 aromatic rings. The normalized spacial score (nSPS) is 9.92. The van der Waals surface area contributed by atoms with Gasteiger partial charge in [0.25, 0.3) is 0 Å². The van der Waals surface area contributed by atoms with Crippen LogP contribution in [0.1, 0.15) is 24.0 Å². The summed E-state index contributed by atoms with van der Waals surface area (Å²) in [7, 11) is 0. The van der Waals surface area contributed by atoms with Crippen molar-refractivity contribution >= 4 is 5.76 Å². The number of hydrogen-bond donors (Lipinski definition) is 0. The quantitative estimate of drug-likeness (QED) is 0.644. The molecule has 0 fully saturated rings. The van der Waals surface area contributed by atoms with Gasteiger partial charge in [-0.25, -0.2) is 0 Å². The van der Waals surface area contributed by atoms with Crippen LogP contribution in [-0.4, -0.2) is 6.61 Å². The molecular weight excluding hydrogens is 152 g/mol. The van der Waals surface area contributed by atoms with Crippen LogP contribution < -0.4 is 0 Å². The Bertz CT molecular complexity index is 284. The Morgan fingerprint density at radius 1 is 1.58 bits per heavy atom. The van der Waals surface area contributed by atoms with Crippen LogP contribution in [0.5, 0.6) is 0 Å². The summed E-state index contributed by atoms with van der Waals surface area (Å²) in [5.41, 5.74) is 0.967. The predicted molar refractivity (Wildman–Crippen MR) is 48.8 cm³/mol. The molecule has 66 valence electrons. The van der Waals surface area contributed by atoms with Gasteiger partial charge >= 0.3 is 0 Å². The van der Waals surface area contributed by atoms with Gasteiger partial charge in [-0.05, 0) is 26.8 Å². The molecule has 0 atom stereocenters. The van der Waals surface area contributed by atoms with Gasteiger partial charge in [0.1, 0.15) is 17.3 Å². The average Bonchev–Trinajstić information content (AvgIpc) is 2.30. The lowest BCUT2D eigenvalue weighted by molar-refractivity contribution is 0.298. The van der Waals surface area contributed by atoms with Crippen LogP contribution in [0, 0.1) is 13.8 Å². The highest BCUT2D eigenvalue weighted by molar-refractivity contribution is 5.59. The van der Waals surface area contributed by atoms with E-state index in [9.17, 15) is 0 Å². The van der Waals surface area contributed by atoms with Gasteiger partial charge in [0.05, 0.1) is 12.2 Å². The van der Waals surface area contributed by atoms with E-state index < -0.39 is 0 Å². The van der Waals surface area contributed by atoms with Gasteiger partial charge in [-0.3, -0.25) is 0 Å². The Morgan fingerprint density at radius 3 is 2.67 bits per heavy atom. The fourth-order valence-electron chi connectivity index (χ4n) is 1.16. The van der Waals surface area contributed by atoms with Crippen LogP contribution in [0.25, 0.3) is 5.76 Å². The molecular formula is C10H14O2. The van der Waals surface area contributed by atoms with E-state index >= 15 is 0 Å². The van der Waals surface area contributed by atoms with E-state index in [1.54, 1.807) is 0 Å². The van der Waals surface area contributed by atoms with Gasteiger partial charge < -0.3 is 9.15 Å². The minimum Gasteiger partial charge on any atom is -0.494 e. The van der Waals surface area contributed by atoms with Crippen molar-refractivity contribution in [3.63, 3.8) is 0 Å². The van der Waals surface area contributed by atoms with Crippen LogP contribution in [-0.2, 0) is 4.74 Å². The molecule has 0 unspecified atom stereocenters. The molecule has 0 aliphatic carbocycles. The van der Waals surface area contributed by atoms with Crippen molar-refractivity contribution in [2.45, 2.75) is 20.8 Å². The summed E-state index contributed by atoms with van der Waals surface area (Å²) >= 11 is 0. The molecule has 0 saturated heterocycles. The summed E-state index contributed by atoms with van der Waals surface area (Å²) in [5.74, 6) is 2.45. The molecule has 0 saturated carbocycles. The van der Waals surface area contributed by atoms with Crippen LogP contribution in [0.15, 0.2) is 17.1 Å². The van der Waals surface area contributed by atoms with Crippen LogP contribution in [0.3, 0.4) is 0 Å². The van der Waals surface area contributed by atoms with E-state index in [1.807, 2.05) is 26.8 Å². The Hall–Kier alpha value is -1.18. The van der Waals surface area contributed by atoms with Crippen molar-refractivity contribution in [2.24, 2.45) is 0 Å². The summed E-state index contributed by atoms with van der Waals surface area (Å²) in [5, 5.41) is 0. The Morgan fingerprint density at radius 2 is 2.25 bits per heavy atom. The van der Waals surface area contributed by atoms with E-state index in [4.69, 9.17) is 9.15 Å². The zero-order valence-corrected chi connectivity index (χ0v) is 7.81. The first kappa shape index (κ1) is 8.91. The molecule has 0 spiro atoms. The Labute approximate surface area is 72.8 Å². The SMILES string of the molecule is C=C(OCC)c1cc(C)oc1C. The molecule has 0 bridgehead atoms. The smallest absolute Gasteiger partial charge is 0.122 e. The number of aryl methyl sites for hydroxylation is 2. The number of furan rings is 1. The van der Waals surface area contributed by atoms with E-state index in [-0.39, 0.29) is 0 Å². The topological polar surface area (TPSA) is 22.4 Å². The highest BCUT2D eigenvalue weighted by Crippen LogP contribution is 2.21. The molecule has 1 aromatic heterocycles. The molecule has 2 heteroatoms. The zero-order chi connectivity index (χ0) is 9.14. The van der Waals surface area contributed by atoms with Crippen LogP contribution in [0.4, 0.5) is 0 Å². The largest absolute Gasteiger partial charge is 0.494 e. The Balaban J connectivity index is 2.87. The second-order valence-corrected chi connectivity index (χ2v) is 2.68. The molecule has 1 heterocycles. The molecule has 0 radical (unpaired) electrons. The number of rotatable bonds is 3. The molecule has 2 nitrogen and oxygen atoms in total. The minimum absolute atomic E-state index is 0.641. The van der Waals surface area contributed by atoms with E-state index in [0.29, 0.717) is 12.4 Å². The molecule has 12 heavy (non-hydrogen) atoms. The monoisotopic (exact) mass is 166 g/mol. The third-order valence-electron chi connectivity index (χ3n) is 1.66. The maximum Gasteiger partial charge on any atom is 0.122 e. The van der Waals surface area contributed by atoms with Crippen molar-refractivity contribution in [2.75, 3.05) is 6.61 Å². The van der Waals surface area contributed by atoms with Gasteiger partial charge in [-0.2, -0.15) is 0 Å². The summed E-state index contributed by atoms with van der Waals surface area (Å²) in [6.07, 6.45) is 0. The second-order valence-electron chi connectivity index (χ2n) is 2.68. The first-order valence-electron chi connectivity index (χ1n) is 4.04. The van der Waals surface area contributed by atoms with Gasteiger partial charge in [-0.1, -0.05) is 6.58 Å². The zero-order valence-electron chi connectivity index (χ0n) is 7.81. The molecule has 0 aliphatic rings. The van der Waals surface area contributed by atoms with Gasteiger partial charge in [0, 0.05) is 0 Å². The van der Waals surface area contributed by atoms with E-state index in [0.717, 1.165) is 17.1 Å². The standard InChI is InChI=1S/C10H14O2/c1-5-11-8(3)10-6-7(2)12-9(10)4/h6H,3,5H2,1-2,4H3. The average molecular weight is 166 g/mol.